The SMILES string of the molecule is Cn1cc(CC(O)C(C)(C)C)nn1. The van der Waals surface area contributed by atoms with Gasteiger partial charge in [0.2, 0.25) is 0 Å². The van der Waals surface area contributed by atoms with Gasteiger partial charge in [-0.3, -0.25) is 4.68 Å². The van der Waals surface area contributed by atoms with Crippen molar-refractivity contribution in [1.29, 1.82) is 0 Å². The molecule has 13 heavy (non-hydrogen) atoms. The molecule has 1 atom stereocenters. The number of aliphatic hydroxyl groups is 1. The predicted octanol–water partition coefficient (Wildman–Crippen LogP) is 0.765. The molecule has 0 saturated carbocycles. The van der Waals surface area contributed by atoms with Gasteiger partial charge in [-0.05, 0) is 5.41 Å². The van der Waals surface area contributed by atoms with Crippen LogP contribution >= 0.6 is 0 Å². The molecule has 1 N–H and O–H groups in total. The van der Waals surface area contributed by atoms with E-state index in [0.717, 1.165) is 5.69 Å². The van der Waals surface area contributed by atoms with Crippen LogP contribution in [-0.4, -0.2) is 26.2 Å². The summed E-state index contributed by atoms with van der Waals surface area (Å²) < 4.78 is 1.64. The Morgan fingerprint density at radius 3 is 2.54 bits per heavy atom. The maximum Gasteiger partial charge on any atom is 0.0852 e. The predicted molar refractivity (Wildman–Crippen MR) is 50.2 cm³/mol. The van der Waals surface area contributed by atoms with E-state index in [-0.39, 0.29) is 11.5 Å². The summed E-state index contributed by atoms with van der Waals surface area (Å²) in [6.45, 7) is 6.02. The number of hydrogen-bond acceptors (Lipinski definition) is 3. The van der Waals surface area contributed by atoms with Gasteiger partial charge in [0.05, 0.1) is 11.8 Å². The van der Waals surface area contributed by atoms with Crippen molar-refractivity contribution in [2.24, 2.45) is 12.5 Å². The summed E-state index contributed by atoms with van der Waals surface area (Å²) in [4.78, 5) is 0. The minimum Gasteiger partial charge on any atom is -0.392 e. The van der Waals surface area contributed by atoms with Crippen LogP contribution in [0.3, 0.4) is 0 Å². The van der Waals surface area contributed by atoms with Crippen LogP contribution in [0.25, 0.3) is 0 Å². The molecule has 4 nitrogen and oxygen atoms in total. The first-order valence-corrected chi connectivity index (χ1v) is 4.43. The molecule has 0 bridgehead atoms. The van der Waals surface area contributed by atoms with Crippen molar-refractivity contribution in [3.63, 3.8) is 0 Å². The Kier molecular flexibility index (Phi) is 2.71. The minimum absolute atomic E-state index is 0.0997. The Morgan fingerprint density at radius 1 is 1.54 bits per heavy atom. The molecule has 0 aliphatic rings. The molecule has 1 aromatic heterocycles. The van der Waals surface area contributed by atoms with E-state index in [1.807, 2.05) is 34.0 Å². The van der Waals surface area contributed by atoms with Crippen molar-refractivity contribution in [2.75, 3.05) is 0 Å². The second-order valence-corrected chi connectivity index (χ2v) is 4.47. The van der Waals surface area contributed by atoms with Crippen molar-refractivity contribution < 1.29 is 5.11 Å². The fourth-order valence-electron chi connectivity index (χ4n) is 0.993. The first kappa shape index (κ1) is 10.2. The Labute approximate surface area is 78.6 Å². The summed E-state index contributed by atoms with van der Waals surface area (Å²) >= 11 is 0. The van der Waals surface area contributed by atoms with Gasteiger partial charge in [0, 0.05) is 19.7 Å². The highest BCUT2D eigenvalue weighted by Crippen LogP contribution is 2.21. The number of nitrogens with zero attached hydrogens (tertiary/aromatic N) is 3. The fraction of sp³-hybridized carbons (Fsp3) is 0.778. The number of aryl methyl sites for hydroxylation is 1. The summed E-state index contributed by atoms with van der Waals surface area (Å²) in [6, 6.07) is 0. The van der Waals surface area contributed by atoms with Gasteiger partial charge < -0.3 is 5.11 Å². The van der Waals surface area contributed by atoms with Crippen LogP contribution in [0.5, 0.6) is 0 Å². The summed E-state index contributed by atoms with van der Waals surface area (Å²) in [6.07, 6.45) is 2.02. The molecule has 0 amide bonds. The molecule has 1 aromatic rings. The molecule has 0 radical (unpaired) electrons. The standard InChI is InChI=1S/C9H17N3O/c1-9(2,3)8(13)5-7-6-12(4)11-10-7/h6,8,13H,5H2,1-4H3. The van der Waals surface area contributed by atoms with E-state index in [9.17, 15) is 5.11 Å². The molecule has 4 heteroatoms. The smallest absolute Gasteiger partial charge is 0.0852 e. The highest BCUT2D eigenvalue weighted by atomic mass is 16.3. The van der Waals surface area contributed by atoms with E-state index in [0.29, 0.717) is 6.42 Å². The van der Waals surface area contributed by atoms with E-state index >= 15 is 0 Å². The van der Waals surface area contributed by atoms with Gasteiger partial charge >= 0.3 is 0 Å². The molecule has 0 spiro atoms. The second-order valence-electron chi connectivity index (χ2n) is 4.47. The largest absolute Gasteiger partial charge is 0.392 e. The molecule has 0 aliphatic heterocycles. The van der Waals surface area contributed by atoms with Crippen molar-refractivity contribution in [2.45, 2.75) is 33.3 Å². The average molecular weight is 183 g/mol. The van der Waals surface area contributed by atoms with Crippen LogP contribution in [0.1, 0.15) is 26.5 Å². The van der Waals surface area contributed by atoms with E-state index in [1.54, 1.807) is 4.68 Å². The normalized spacial score (nSPS) is 14.5. The molecule has 0 aliphatic carbocycles. The Bertz CT molecular complexity index is 275. The summed E-state index contributed by atoms with van der Waals surface area (Å²) in [7, 11) is 1.82. The number of aliphatic hydroxyl groups excluding tert-OH is 1. The lowest BCUT2D eigenvalue weighted by Crippen LogP contribution is -2.28. The highest BCUT2D eigenvalue weighted by Gasteiger charge is 2.23. The monoisotopic (exact) mass is 183 g/mol. The van der Waals surface area contributed by atoms with E-state index in [2.05, 4.69) is 10.3 Å². The Morgan fingerprint density at radius 2 is 2.15 bits per heavy atom. The maximum absolute atomic E-state index is 9.77. The lowest BCUT2D eigenvalue weighted by atomic mass is 9.87. The van der Waals surface area contributed by atoms with Crippen LogP contribution in [0.2, 0.25) is 0 Å². The molecule has 0 saturated heterocycles. The molecule has 1 unspecified atom stereocenters. The lowest BCUT2D eigenvalue weighted by molar-refractivity contribution is 0.0627. The van der Waals surface area contributed by atoms with Gasteiger partial charge in [-0.2, -0.15) is 0 Å². The maximum atomic E-state index is 9.77. The number of hydrogen-bond donors (Lipinski definition) is 1. The van der Waals surface area contributed by atoms with E-state index in [1.165, 1.54) is 0 Å². The first-order valence-electron chi connectivity index (χ1n) is 4.43. The Hall–Kier alpha value is -0.900. The molecule has 1 heterocycles. The van der Waals surface area contributed by atoms with Gasteiger partial charge in [-0.1, -0.05) is 26.0 Å². The third-order valence-electron chi connectivity index (χ3n) is 2.05. The topological polar surface area (TPSA) is 50.9 Å². The van der Waals surface area contributed by atoms with Gasteiger partial charge in [-0.25, -0.2) is 0 Å². The van der Waals surface area contributed by atoms with Crippen LogP contribution in [0.4, 0.5) is 0 Å². The zero-order valence-corrected chi connectivity index (χ0v) is 8.65. The molecule has 1 rings (SSSR count). The van der Waals surface area contributed by atoms with Gasteiger partial charge in [0.1, 0.15) is 0 Å². The fourth-order valence-corrected chi connectivity index (χ4v) is 0.993. The number of rotatable bonds is 2. The summed E-state index contributed by atoms with van der Waals surface area (Å²) in [5, 5.41) is 17.5. The molecule has 0 aromatic carbocycles. The van der Waals surface area contributed by atoms with Crippen LogP contribution in [-0.2, 0) is 13.5 Å². The van der Waals surface area contributed by atoms with E-state index < -0.39 is 0 Å². The third-order valence-corrected chi connectivity index (χ3v) is 2.05. The first-order chi connectivity index (χ1) is 5.89. The van der Waals surface area contributed by atoms with Crippen molar-refractivity contribution >= 4 is 0 Å². The van der Waals surface area contributed by atoms with Crippen molar-refractivity contribution in [1.82, 2.24) is 15.0 Å². The van der Waals surface area contributed by atoms with E-state index in [4.69, 9.17) is 0 Å². The highest BCUT2D eigenvalue weighted by molar-refractivity contribution is 4.96. The zero-order chi connectivity index (χ0) is 10.1. The second kappa shape index (κ2) is 3.46. The molecular weight excluding hydrogens is 166 g/mol. The molecule has 74 valence electrons. The van der Waals surface area contributed by atoms with Crippen LogP contribution in [0, 0.1) is 5.41 Å². The summed E-state index contributed by atoms with van der Waals surface area (Å²) in [5.74, 6) is 0. The third kappa shape index (κ3) is 2.81. The van der Waals surface area contributed by atoms with Gasteiger partial charge in [0.25, 0.3) is 0 Å². The van der Waals surface area contributed by atoms with Crippen molar-refractivity contribution in [3.05, 3.63) is 11.9 Å². The lowest BCUT2D eigenvalue weighted by Gasteiger charge is -2.24. The quantitative estimate of drug-likeness (QED) is 0.736. The minimum atomic E-state index is -0.371. The summed E-state index contributed by atoms with van der Waals surface area (Å²) in [5.41, 5.74) is 0.738. The number of aromatic nitrogens is 3. The van der Waals surface area contributed by atoms with Crippen molar-refractivity contribution in [3.8, 4) is 0 Å². The Balaban J connectivity index is 2.60. The van der Waals surface area contributed by atoms with Crippen LogP contribution in [0.15, 0.2) is 6.20 Å². The van der Waals surface area contributed by atoms with Crippen LogP contribution < -0.4 is 0 Å². The van der Waals surface area contributed by atoms with Gasteiger partial charge in [0.15, 0.2) is 0 Å². The molecular formula is C9H17N3O. The molecule has 0 fully saturated rings. The average Bonchev–Trinajstić information content (AvgIpc) is 2.33. The zero-order valence-electron chi connectivity index (χ0n) is 8.65. The van der Waals surface area contributed by atoms with Gasteiger partial charge in [-0.15, -0.1) is 5.10 Å².